The Balaban J connectivity index is 1.43. The van der Waals surface area contributed by atoms with Crippen LogP contribution in [0.4, 0.5) is 0 Å². The van der Waals surface area contributed by atoms with Crippen LogP contribution in [0.2, 0.25) is 0 Å². The van der Waals surface area contributed by atoms with E-state index < -0.39 is 0 Å². The smallest absolute Gasteiger partial charge is 0.0599 e. The third-order valence-electron chi connectivity index (χ3n) is 4.61. The van der Waals surface area contributed by atoms with Gasteiger partial charge in [-0.25, -0.2) is 0 Å². The van der Waals surface area contributed by atoms with Crippen molar-refractivity contribution < 1.29 is 0 Å². The molecule has 2 rings (SSSR count). The standard InChI is InChI=1S/C21H32N4/c1-23-21-12-18-25(19-13-21)15-9-7-5-3-2-4-6-8-14-24-16-10-20(22)11-17-24/h10-13,16-19,22H,2-9,14-15H2,1H3. The van der Waals surface area contributed by atoms with Gasteiger partial charge in [-0.2, -0.15) is 0 Å². The quantitative estimate of drug-likeness (QED) is 0.598. The van der Waals surface area contributed by atoms with E-state index in [0.717, 1.165) is 18.4 Å². The van der Waals surface area contributed by atoms with Crippen molar-refractivity contribution in [2.75, 3.05) is 7.05 Å². The average Bonchev–Trinajstić information content (AvgIpc) is 2.65. The molecular formula is C21H32N4. The lowest BCUT2D eigenvalue weighted by molar-refractivity contribution is 0.524. The van der Waals surface area contributed by atoms with E-state index in [1.165, 1.54) is 51.4 Å². The van der Waals surface area contributed by atoms with Gasteiger partial charge in [0.05, 0.1) is 10.7 Å². The topological polar surface area (TPSA) is 46.1 Å². The highest BCUT2D eigenvalue weighted by atomic mass is 14.9. The van der Waals surface area contributed by atoms with E-state index in [0.29, 0.717) is 5.36 Å². The van der Waals surface area contributed by atoms with Crippen molar-refractivity contribution in [2.45, 2.75) is 64.5 Å². The number of unbranched alkanes of at least 4 members (excludes halogenated alkanes) is 7. The fourth-order valence-corrected chi connectivity index (χ4v) is 3.00. The molecule has 0 fully saturated rings. The van der Waals surface area contributed by atoms with Crippen LogP contribution in [0.3, 0.4) is 0 Å². The summed E-state index contributed by atoms with van der Waals surface area (Å²) in [6.45, 7) is 2.18. The Morgan fingerprint density at radius 3 is 1.52 bits per heavy atom. The predicted molar refractivity (Wildman–Crippen MR) is 103 cm³/mol. The maximum absolute atomic E-state index is 7.48. The van der Waals surface area contributed by atoms with E-state index in [9.17, 15) is 0 Å². The molecule has 0 saturated heterocycles. The fourth-order valence-electron chi connectivity index (χ4n) is 3.00. The zero-order chi connectivity index (χ0) is 17.7. The van der Waals surface area contributed by atoms with Gasteiger partial charge in [-0.1, -0.05) is 38.5 Å². The van der Waals surface area contributed by atoms with Crippen LogP contribution in [0.1, 0.15) is 51.4 Å². The summed E-state index contributed by atoms with van der Waals surface area (Å²) in [4.78, 5) is 4.16. The largest absolute Gasteiger partial charge is 0.354 e. The number of pyridine rings is 2. The number of hydrogen-bond acceptors (Lipinski definition) is 2. The molecule has 136 valence electrons. The normalized spacial score (nSPS) is 10.8. The van der Waals surface area contributed by atoms with Crippen molar-refractivity contribution in [3.8, 4) is 0 Å². The van der Waals surface area contributed by atoms with Crippen molar-refractivity contribution in [3.63, 3.8) is 0 Å². The number of aromatic nitrogens is 2. The second-order valence-electron chi connectivity index (χ2n) is 6.67. The predicted octanol–water partition coefficient (Wildman–Crippen LogP) is 4.12. The lowest BCUT2D eigenvalue weighted by Crippen LogP contribution is -2.05. The van der Waals surface area contributed by atoms with Gasteiger partial charge in [0.25, 0.3) is 0 Å². The molecule has 0 bridgehead atoms. The van der Waals surface area contributed by atoms with Crippen LogP contribution in [0, 0.1) is 5.41 Å². The van der Waals surface area contributed by atoms with Crippen LogP contribution in [-0.2, 0) is 13.1 Å². The minimum atomic E-state index is 0.586. The summed E-state index contributed by atoms with van der Waals surface area (Å²) >= 11 is 0. The summed E-state index contributed by atoms with van der Waals surface area (Å²) in [6, 6.07) is 7.84. The summed E-state index contributed by atoms with van der Waals surface area (Å²) < 4.78 is 4.43. The molecule has 4 nitrogen and oxygen atoms in total. The van der Waals surface area contributed by atoms with Gasteiger partial charge in [-0.05, 0) is 37.1 Å². The third kappa shape index (κ3) is 8.01. The van der Waals surface area contributed by atoms with Crippen LogP contribution in [0.25, 0.3) is 0 Å². The number of rotatable bonds is 11. The molecule has 25 heavy (non-hydrogen) atoms. The number of nitrogens with zero attached hydrogens (tertiary/aromatic N) is 3. The first-order valence-corrected chi connectivity index (χ1v) is 9.57. The van der Waals surface area contributed by atoms with Gasteiger partial charge >= 0.3 is 0 Å². The zero-order valence-electron chi connectivity index (χ0n) is 15.5. The summed E-state index contributed by atoms with van der Waals surface area (Å²) in [6.07, 6.45) is 18.8. The molecule has 0 aliphatic rings. The van der Waals surface area contributed by atoms with Crippen LogP contribution in [0.15, 0.2) is 54.0 Å². The summed E-state index contributed by atoms with van der Waals surface area (Å²) in [7, 11) is 1.83. The molecule has 0 atom stereocenters. The lowest BCUT2D eigenvalue weighted by Gasteiger charge is -2.07. The van der Waals surface area contributed by atoms with Crippen molar-refractivity contribution in [1.29, 1.82) is 5.41 Å². The van der Waals surface area contributed by atoms with Crippen molar-refractivity contribution >= 4 is 0 Å². The lowest BCUT2D eigenvalue weighted by atomic mass is 10.1. The van der Waals surface area contributed by atoms with Crippen molar-refractivity contribution in [2.24, 2.45) is 4.99 Å². The molecule has 1 N–H and O–H groups in total. The Bertz CT molecular complexity index is 686. The molecule has 0 saturated carbocycles. The zero-order valence-corrected chi connectivity index (χ0v) is 15.5. The Kier molecular flexibility index (Phi) is 8.81. The van der Waals surface area contributed by atoms with E-state index in [1.54, 1.807) is 0 Å². The van der Waals surface area contributed by atoms with Gasteiger partial charge in [-0.15, -0.1) is 0 Å². The summed E-state index contributed by atoms with van der Waals surface area (Å²) in [5.74, 6) is 0. The van der Waals surface area contributed by atoms with Crippen LogP contribution >= 0.6 is 0 Å². The Morgan fingerprint density at radius 2 is 1.08 bits per heavy atom. The van der Waals surface area contributed by atoms with Gasteiger partial charge in [0.15, 0.2) is 0 Å². The first-order valence-electron chi connectivity index (χ1n) is 9.57. The Labute approximate surface area is 151 Å². The van der Waals surface area contributed by atoms with Gasteiger partial charge in [0.2, 0.25) is 0 Å². The van der Waals surface area contributed by atoms with E-state index in [-0.39, 0.29) is 0 Å². The van der Waals surface area contributed by atoms with Crippen LogP contribution in [-0.4, -0.2) is 16.2 Å². The molecule has 0 aromatic carbocycles. The molecule has 4 heteroatoms. The maximum Gasteiger partial charge on any atom is 0.0599 e. The second kappa shape index (κ2) is 11.5. The molecule has 0 spiro atoms. The highest BCUT2D eigenvalue weighted by molar-refractivity contribution is 4.92. The van der Waals surface area contributed by atoms with Crippen molar-refractivity contribution in [1.82, 2.24) is 9.13 Å². The van der Waals surface area contributed by atoms with E-state index in [2.05, 4.69) is 38.7 Å². The second-order valence-corrected chi connectivity index (χ2v) is 6.67. The maximum atomic E-state index is 7.48. The molecule has 0 aliphatic carbocycles. The number of hydrogen-bond donors (Lipinski definition) is 1. The van der Waals surface area contributed by atoms with Crippen LogP contribution in [0.5, 0.6) is 0 Å². The first kappa shape index (κ1) is 19.2. The molecule has 2 aromatic rings. The van der Waals surface area contributed by atoms with Gasteiger partial charge < -0.3 is 14.5 Å². The Morgan fingerprint density at radius 1 is 0.680 bits per heavy atom. The van der Waals surface area contributed by atoms with Gasteiger partial charge in [-0.3, -0.25) is 4.99 Å². The molecule has 0 unspecified atom stereocenters. The minimum absolute atomic E-state index is 0.586. The molecule has 0 amide bonds. The summed E-state index contributed by atoms with van der Waals surface area (Å²) in [5.41, 5.74) is 0. The molecular weight excluding hydrogens is 308 g/mol. The number of aryl methyl sites for hydroxylation is 2. The third-order valence-corrected chi connectivity index (χ3v) is 4.61. The van der Waals surface area contributed by atoms with Gasteiger partial charge in [0, 0.05) is 44.9 Å². The number of nitrogens with one attached hydrogen (secondary N) is 1. The first-order chi connectivity index (χ1) is 12.3. The molecule has 2 heterocycles. The minimum Gasteiger partial charge on any atom is -0.354 e. The van der Waals surface area contributed by atoms with Gasteiger partial charge in [0.1, 0.15) is 0 Å². The highest BCUT2D eigenvalue weighted by Crippen LogP contribution is 2.09. The van der Waals surface area contributed by atoms with E-state index >= 15 is 0 Å². The van der Waals surface area contributed by atoms with Crippen molar-refractivity contribution in [3.05, 3.63) is 59.8 Å². The van der Waals surface area contributed by atoms with Crippen LogP contribution < -0.4 is 10.7 Å². The fraction of sp³-hybridized carbons (Fsp3) is 0.524. The molecule has 0 aliphatic heterocycles. The monoisotopic (exact) mass is 340 g/mol. The van der Waals surface area contributed by atoms with E-state index in [4.69, 9.17) is 5.41 Å². The average molecular weight is 341 g/mol. The highest BCUT2D eigenvalue weighted by Gasteiger charge is 1.94. The molecule has 0 radical (unpaired) electrons. The molecule has 2 aromatic heterocycles. The SMILES string of the molecule is CN=c1ccn(CCCCCCCCCCn2ccc(=N)cc2)cc1. The summed E-state index contributed by atoms with van der Waals surface area (Å²) in [5, 5.41) is 9.11. The van der Waals surface area contributed by atoms with E-state index in [1.807, 2.05) is 31.6 Å². The Hall–Kier alpha value is -2.10.